The third kappa shape index (κ3) is 6.62. The Morgan fingerprint density at radius 3 is 2.43 bits per heavy atom. The molecule has 2 unspecified atom stereocenters. The van der Waals surface area contributed by atoms with Gasteiger partial charge in [0.05, 0.1) is 17.9 Å². The van der Waals surface area contributed by atoms with Crippen LogP contribution in [0.2, 0.25) is 5.15 Å². The lowest BCUT2D eigenvalue weighted by atomic mass is 9.91. The normalized spacial score (nSPS) is 26.5. The number of fused-ring (bicyclic) bond motifs is 4. The fraction of sp³-hybridized carbons (Fsp3) is 0.667. The van der Waals surface area contributed by atoms with Crippen molar-refractivity contribution >= 4 is 34.9 Å². The summed E-state index contributed by atoms with van der Waals surface area (Å²) in [6, 6.07) is 6.63. The van der Waals surface area contributed by atoms with E-state index >= 15 is 0 Å². The smallest absolute Gasteiger partial charge is 0.410 e. The molecule has 4 aliphatic heterocycles. The van der Waals surface area contributed by atoms with Crippen molar-refractivity contribution in [2.75, 3.05) is 41.7 Å². The Kier molecular flexibility index (Phi) is 8.24. The molecule has 7 rings (SSSR count). The Hall–Kier alpha value is -3.05. The predicted octanol–water partition coefficient (Wildman–Crippen LogP) is 4.68. The zero-order chi connectivity index (χ0) is 29.4. The number of pyridine rings is 1. The minimum atomic E-state index is -0.476. The number of piperidine rings is 1. The van der Waals surface area contributed by atoms with Crippen molar-refractivity contribution in [2.24, 2.45) is 0 Å². The molecular weight excluding hydrogens is 558 g/mol. The quantitative estimate of drug-likeness (QED) is 0.501. The Labute approximate surface area is 252 Å². The van der Waals surface area contributed by atoms with E-state index in [2.05, 4.69) is 37.1 Å². The number of carbonyl (C=O) groups is 1. The second-order valence-corrected chi connectivity index (χ2v) is 13.4. The lowest BCUT2D eigenvalue weighted by molar-refractivity contribution is -0.110. The third-order valence-corrected chi connectivity index (χ3v) is 8.90. The van der Waals surface area contributed by atoms with E-state index in [4.69, 9.17) is 31.5 Å². The SMILES string of the molecule is CC(C)(C)OC(=O)N1CCC(O[C@H]2C[C@H](Oc3cc(N4CC5CCCC4CN5c4cc(Cl)nnc4N)ccn3)C2)CC1. The van der Waals surface area contributed by atoms with Crippen molar-refractivity contribution < 1.29 is 19.0 Å². The number of anilines is 3. The molecule has 0 aromatic carbocycles. The van der Waals surface area contributed by atoms with Crippen LogP contribution in [0.25, 0.3) is 0 Å². The number of hydrogen-bond donors (Lipinski definition) is 1. The van der Waals surface area contributed by atoms with E-state index in [1.165, 1.54) is 0 Å². The van der Waals surface area contributed by atoms with Gasteiger partial charge >= 0.3 is 6.09 Å². The molecule has 4 saturated heterocycles. The molecule has 2 aromatic rings. The number of nitrogens with two attached hydrogens (primary N) is 1. The predicted molar refractivity (Wildman–Crippen MR) is 161 cm³/mol. The highest BCUT2D eigenvalue weighted by molar-refractivity contribution is 6.29. The summed E-state index contributed by atoms with van der Waals surface area (Å²) in [5.74, 6) is 1.08. The largest absolute Gasteiger partial charge is 0.474 e. The summed E-state index contributed by atoms with van der Waals surface area (Å²) in [7, 11) is 0. The molecule has 0 radical (unpaired) electrons. The standard InChI is InChI=1S/C30H42ClN7O4/c1-30(2,3)42-29(39)36-11-8-22(9-12-36)40-23-14-24(15-23)41-27-13-19(7-10-33-27)37-17-21-6-4-5-20(37)18-38(21)25-16-26(31)34-35-28(25)32/h7,10,13,16,20-24H,4-6,8-9,11-12,14-15,17-18H2,1-3H3,(H2,32,35)/t20?,21?,23-,24-. The van der Waals surface area contributed by atoms with Gasteiger partial charge in [0.25, 0.3) is 0 Å². The van der Waals surface area contributed by atoms with Gasteiger partial charge in [-0.2, -0.15) is 0 Å². The molecule has 2 bridgehead atoms. The van der Waals surface area contributed by atoms with E-state index in [9.17, 15) is 4.79 Å². The monoisotopic (exact) mass is 599 g/mol. The summed E-state index contributed by atoms with van der Waals surface area (Å²) >= 11 is 6.16. The molecule has 2 aromatic heterocycles. The Morgan fingerprint density at radius 1 is 0.976 bits per heavy atom. The first kappa shape index (κ1) is 29.0. The number of halogens is 1. The minimum Gasteiger partial charge on any atom is -0.474 e. The van der Waals surface area contributed by atoms with Gasteiger partial charge in [-0.25, -0.2) is 9.78 Å². The van der Waals surface area contributed by atoms with Crippen LogP contribution in [-0.4, -0.2) is 88.4 Å². The maximum Gasteiger partial charge on any atom is 0.410 e. The van der Waals surface area contributed by atoms with E-state index in [-0.39, 0.29) is 24.4 Å². The number of hydrogen-bond acceptors (Lipinski definition) is 10. The number of piperazine rings is 1. The number of rotatable bonds is 6. The van der Waals surface area contributed by atoms with Crippen molar-refractivity contribution in [2.45, 2.75) is 102 Å². The second-order valence-electron chi connectivity index (χ2n) is 13.0. The average Bonchev–Trinajstić information content (AvgIpc) is 3.27. The third-order valence-electron chi connectivity index (χ3n) is 8.72. The lowest BCUT2D eigenvalue weighted by Crippen LogP contribution is -2.57. The summed E-state index contributed by atoms with van der Waals surface area (Å²) in [5.41, 5.74) is 7.73. The molecule has 2 atom stereocenters. The minimum absolute atomic E-state index is 0.0996. The lowest BCUT2D eigenvalue weighted by Gasteiger charge is -2.46. The number of carbonyl (C=O) groups excluding carboxylic acids is 1. The summed E-state index contributed by atoms with van der Waals surface area (Å²) in [5, 5.41) is 8.29. The highest BCUT2D eigenvalue weighted by atomic mass is 35.5. The van der Waals surface area contributed by atoms with Gasteiger partial charge in [-0.1, -0.05) is 11.6 Å². The van der Waals surface area contributed by atoms with E-state index in [1.54, 1.807) is 4.90 Å². The molecule has 1 saturated carbocycles. The fourth-order valence-corrected chi connectivity index (χ4v) is 6.69. The molecule has 12 heteroatoms. The van der Waals surface area contributed by atoms with Crippen LogP contribution < -0.4 is 20.3 Å². The number of likely N-dealkylation sites (tertiary alicyclic amines) is 1. The summed E-state index contributed by atoms with van der Waals surface area (Å²) in [6.07, 6.45) is 8.78. The number of amides is 1. The summed E-state index contributed by atoms with van der Waals surface area (Å²) in [6.45, 7) is 8.75. The highest BCUT2D eigenvalue weighted by Gasteiger charge is 2.39. The van der Waals surface area contributed by atoms with Gasteiger partial charge in [-0.3, -0.25) is 0 Å². The molecule has 6 heterocycles. The Morgan fingerprint density at radius 2 is 1.69 bits per heavy atom. The summed E-state index contributed by atoms with van der Waals surface area (Å²) < 4.78 is 18.1. The van der Waals surface area contributed by atoms with Gasteiger partial charge in [0.2, 0.25) is 5.88 Å². The topological polar surface area (TPSA) is 119 Å². The zero-order valence-corrected chi connectivity index (χ0v) is 25.5. The van der Waals surface area contributed by atoms with Crippen LogP contribution in [0, 0.1) is 0 Å². The maximum atomic E-state index is 12.3. The van der Waals surface area contributed by atoms with Gasteiger partial charge in [-0.05, 0) is 58.9 Å². The number of nitrogens with zero attached hydrogens (tertiary/aromatic N) is 6. The van der Waals surface area contributed by atoms with Crippen LogP contribution >= 0.6 is 11.6 Å². The van der Waals surface area contributed by atoms with Crippen LogP contribution in [0.1, 0.15) is 65.7 Å². The zero-order valence-electron chi connectivity index (χ0n) is 24.7. The molecule has 42 heavy (non-hydrogen) atoms. The molecule has 5 fully saturated rings. The second kappa shape index (κ2) is 11.9. The van der Waals surface area contributed by atoms with Crippen molar-refractivity contribution in [3.05, 3.63) is 29.5 Å². The van der Waals surface area contributed by atoms with Crippen molar-refractivity contribution in [1.82, 2.24) is 20.1 Å². The Bertz CT molecular complexity index is 1260. The van der Waals surface area contributed by atoms with Crippen LogP contribution in [-0.2, 0) is 9.47 Å². The van der Waals surface area contributed by atoms with Crippen molar-refractivity contribution in [1.29, 1.82) is 0 Å². The first-order valence-corrected chi connectivity index (χ1v) is 15.6. The van der Waals surface area contributed by atoms with Gasteiger partial charge < -0.3 is 34.6 Å². The molecule has 5 aliphatic rings. The van der Waals surface area contributed by atoms with Crippen molar-refractivity contribution in [3.63, 3.8) is 0 Å². The van der Waals surface area contributed by atoms with Gasteiger partial charge in [0.1, 0.15) is 11.7 Å². The molecule has 0 spiro atoms. The fourth-order valence-electron chi connectivity index (χ4n) is 6.55. The van der Waals surface area contributed by atoms with Gasteiger partial charge in [0.15, 0.2) is 11.0 Å². The summed E-state index contributed by atoms with van der Waals surface area (Å²) in [4.78, 5) is 23.5. The molecule has 1 amide bonds. The molecular formula is C30H42ClN7O4. The molecule has 11 nitrogen and oxygen atoms in total. The van der Waals surface area contributed by atoms with Crippen molar-refractivity contribution in [3.8, 4) is 5.88 Å². The molecule has 228 valence electrons. The number of aromatic nitrogens is 3. The van der Waals surface area contributed by atoms with E-state index in [0.29, 0.717) is 42.0 Å². The van der Waals surface area contributed by atoms with Gasteiger partial charge in [0, 0.05) is 75.1 Å². The highest BCUT2D eigenvalue weighted by Crippen LogP contribution is 2.38. The van der Waals surface area contributed by atoms with Crippen LogP contribution in [0.5, 0.6) is 5.88 Å². The first-order chi connectivity index (χ1) is 20.1. The average molecular weight is 600 g/mol. The van der Waals surface area contributed by atoms with Crippen LogP contribution in [0.4, 0.5) is 22.0 Å². The number of nitrogen functional groups attached to an aromatic ring is 1. The first-order valence-electron chi connectivity index (χ1n) is 15.2. The molecule has 1 aliphatic carbocycles. The Balaban J connectivity index is 0.991. The number of ether oxygens (including phenoxy) is 3. The van der Waals surface area contributed by atoms with E-state index in [1.807, 2.05) is 33.0 Å². The van der Waals surface area contributed by atoms with E-state index in [0.717, 1.165) is 69.4 Å². The molecule has 2 N–H and O–H groups in total. The van der Waals surface area contributed by atoms with Gasteiger partial charge in [-0.15, -0.1) is 10.2 Å². The van der Waals surface area contributed by atoms with Crippen LogP contribution in [0.15, 0.2) is 24.4 Å². The maximum absolute atomic E-state index is 12.3. The van der Waals surface area contributed by atoms with E-state index < -0.39 is 5.60 Å². The van der Waals surface area contributed by atoms with Crippen LogP contribution in [0.3, 0.4) is 0 Å².